The fourth-order valence-corrected chi connectivity index (χ4v) is 3.89. The Kier molecular flexibility index (Phi) is 3.39. The molecule has 0 fully saturated rings. The van der Waals surface area contributed by atoms with Crippen molar-refractivity contribution in [2.45, 2.75) is 6.92 Å². The first-order chi connectivity index (χ1) is 12.8. The number of nitrogens with zero attached hydrogens (tertiary/aromatic N) is 1. The zero-order valence-corrected chi connectivity index (χ0v) is 14.7. The summed E-state index contributed by atoms with van der Waals surface area (Å²) in [6.07, 6.45) is 0. The van der Waals surface area contributed by atoms with E-state index in [2.05, 4.69) is 109 Å². The van der Waals surface area contributed by atoms with Crippen LogP contribution in [-0.2, 0) is 0 Å². The summed E-state index contributed by atoms with van der Waals surface area (Å²) in [5.41, 5.74) is 7.54. The van der Waals surface area contributed by atoms with Crippen LogP contribution in [0.2, 0.25) is 0 Å². The van der Waals surface area contributed by atoms with Gasteiger partial charge in [0, 0.05) is 16.5 Å². The molecule has 0 aliphatic carbocycles. The average molecular weight is 333 g/mol. The van der Waals surface area contributed by atoms with Crippen molar-refractivity contribution in [3.8, 4) is 16.8 Å². The molecule has 5 aromatic rings. The van der Waals surface area contributed by atoms with Gasteiger partial charge in [-0.25, -0.2) is 0 Å². The van der Waals surface area contributed by atoms with Crippen LogP contribution in [0.1, 0.15) is 5.56 Å². The SMILES string of the molecule is Cc1ccccc1-c1ccc2c3ccccc3n(-c3ccccc3)c2c1. The lowest BCUT2D eigenvalue weighted by molar-refractivity contribution is 1.18. The summed E-state index contributed by atoms with van der Waals surface area (Å²) in [6, 6.07) is 34.7. The Morgan fingerprint density at radius 2 is 1.27 bits per heavy atom. The zero-order valence-electron chi connectivity index (χ0n) is 14.7. The molecule has 0 bridgehead atoms. The highest BCUT2D eigenvalue weighted by Crippen LogP contribution is 2.35. The molecule has 0 aliphatic heterocycles. The van der Waals surface area contributed by atoms with Crippen molar-refractivity contribution in [2.75, 3.05) is 0 Å². The van der Waals surface area contributed by atoms with Crippen LogP contribution in [0.3, 0.4) is 0 Å². The molecule has 1 nitrogen and oxygen atoms in total. The predicted octanol–water partition coefficient (Wildman–Crippen LogP) is 6.76. The van der Waals surface area contributed by atoms with Gasteiger partial charge in [0.1, 0.15) is 0 Å². The normalized spacial score (nSPS) is 11.3. The minimum atomic E-state index is 1.20. The molecule has 0 N–H and O–H groups in total. The van der Waals surface area contributed by atoms with Crippen LogP contribution < -0.4 is 0 Å². The lowest BCUT2D eigenvalue weighted by Crippen LogP contribution is -1.93. The van der Waals surface area contributed by atoms with Gasteiger partial charge >= 0.3 is 0 Å². The maximum Gasteiger partial charge on any atom is 0.0547 e. The summed E-state index contributed by atoms with van der Waals surface area (Å²) >= 11 is 0. The number of aryl methyl sites for hydroxylation is 1. The molecular formula is C25H19N. The highest BCUT2D eigenvalue weighted by atomic mass is 15.0. The molecule has 1 heterocycles. The number of fused-ring (bicyclic) bond motifs is 3. The quantitative estimate of drug-likeness (QED) is 0.336. The van der Waals surface area contributed by atoms with Crippen LogP contribution in [0.4, 0.5) is 0 Å². The fourth-order valence-electron chi connectivity index (χ4n) is 3.89. The Morgan fingerprint density at radius 1 is 0.577 bits per heavy atom. The van der Waals surface area contributed by atoms with E-state index in [9.17, 15) is 0 Å². The number of hydrogen-bond acceptors (Lipinski definition) is 0. The summed E-state index contributed by atoms with van der Waals surface area (Å²) in [5.74, 6) is 0. The molecule has 0 spiro atoms. The van der Waals surface area contributed by atoms with Gasteiger partial charge < -0.3 is 4.57 Å². The Morgan fingerprint density at radius 3 is 2.12 bits per heavy atom. The first kappa shape index (κ1) is 15.0. The molecule has 0 saturated carbocycles. The van der Waals surface area contributed by atoms with Gasteiger partial charge in [-0.2, -0.15) is 0 Å². The van der Waals surface area contributed by atoms with Crippen LogP contribution in [0.15, 0.2) is 97.1 Å². The van der Waals surface area contributed by atoms with Crippen LogP contribution >= 0.6 is 0 Å². The second-order valence-electron chi connectivity index (χ2n) is 6.73. The number of aromatic nitrogens is 1. The van der Waals surface area contributed by atoms with Gasteiger partial charge in [0.15, 0.2) is 0 Å². The van der Waals surface area contributed by atoms with E-state index < -0.39 is 0 Å². The average Bonchev–Trinajstić information content (AvgIpc) is 3.02. The molecule has 0 radical (unpaired) electrons. The van der Waals surface area contributed by atoms with Crippen LogP contribution in [0, 0.1) is 6.92 Å². The van der Waals surface area contributed by atoms with E-state index in [0.29, 0.717) is 0 Å². The van der Waals surface area contributed by atoms with Crippen molar-refractivity contribution in [1.82, 2.24) is 4.57 Å². The van der Waals surface area contributed by atoms with E-state index in [1.54, 1.807) is 0 Å². The third-order valence-corrected chi connectivity index (χ3v) is 5.14. The predicted molar refractivity (Wildman–Crippen MR) is 111 cm³/mol. The first-order valence-electron chi connectivity index (χ1n) is 8.97. The van der Waals surface area contributed by atoms with Crippen molar-refractivity contribution in [2.24, 2.45) is 0 Å². The highest BCUT2D eigenvalue weighted by Gasteiger charge is 2.13. The van der Waals surface area contributed by atoms with Gasteiger partial charge in [-0.15, -0.1) is 0 Å². The maximum absolute atomic E-state index is 2.37. The van der Waals surface area contributed by atoms with Crippen molar-refractivity contribution >= 4 is 21.8 Å². The largest absolute Gasteiger partial charge is 0.309 e. The number of hydrogen-bond donors (Lipinski definition) is 0. The summed E-state index contributed by atoms with van der Waals surface area (Å²) in [7, 11) is 0. The molecule has 0 saturated heterocycles. The van der Waals surface area contributed by atoms with Crippen molar-refractivity contribution in [1.29, 1.82) is 0 Å². The van der Waals surface area contributed by atoms with E-state index in [1.807, 2.05) is 0 Å². The van der Waals surface area contributed by atoms with Gasteiger partial charge in [-0.05, 0) is 47.9 Å². The van der Waals surface area contributed by atoms with E-state index in [1.165, 1.54) is 44.2 Å². The molecule has 0 unspecified atom stereocenters. The second kappa shape index (κ2) is 5.89. The van der Waals surface area contributed by atoms with Crippen molar-refractivity contribution < 1.29 is 0 Å². The third-order valence-electron chi connectivity index (χ3n) is 5.14. The number of para-hydroxylation sites is 2. The lowest BCUT2D eigenvalue weighted by Gasteiger charge is -2.10. The molecular weight excluding hydrogens is 314 g/mol. The summed E-state index contributed by atoms with van der Waals surface area (Å²) < 4.78 is 2.37. The standard InChI is InChI=1S/C25H19N/c1-18-9-5-6-12-21(18)19-15-16-23-22-13-7-8-14-24(22)26(25(23)17-19)20-10-3-2-4-11-20/h2-17H,1H3. The van der Waals surface area contributed by atoms with Gasteiger partial charge in [0.05, 0.1) is 11.0 Å². The summed E-state index contributed by atoms with van der Waals surface area (Å²) in [6.45, 7) is 2.17. The van der Waals surface area contributed by atoms with E-state index >= 15 is 0 Å². The molecule has 26 heavy (non-hydrogen) atoms. The maximum atomic E-state index is 2.37. The van der Waals surface area contributed by atoms with Gasteiger partial charge in [-0.1, -0.05) is 72.8 Å². The topological polar surface area (TPSA) is 4.93 Å². The monoisotopic (exact) mass is 333 g/mol. The Labute approximate surface area is 153 Å². The molecule has 0 aliphatic rings. The minimum absolute atomic E-state index is 1.20. The molecule has 1 aromatic heterocycles. The molecule has 5 rings (SSSR count). The Bertz CT molecular complexity index is 1230. The van der Waals surface area contributed by atoms with E-state index in [-0.39, 0.29) is 0 Å². The van der Waals surface area contributed by atoms with Crippen molar-refractivity contribution in [3.05, 3.63) is 103 Å². The molecule has 1 heteroatoms. The number of rotatable bonds is 2. The third kappa shape index (κ3) is 2.25. The number of benzene rings is 4. The smallest absolute Gasteiger partial charge is 0.0547 e. The summed E-state index contributed by atoms with van der Waals surface area (Å²) in [4.78, 5) is 0. The van der Waals surface area contributed by atoms with Gasteiger partial charge in [-0.3, -0.25) is 0 Å². The lowest BCUT2D eigenvalue weighted by atomic mass is 9.99. The van der Waals surface area contributed by atoms with Gasteiger partial charge in [0.25, 0.3) is 0 Å². The van der Waals surface area contributed by atoms with E-state index in [0.717, 1.165) is 0 Å². The van der Waals surface area contributed by atoms with Crippen LogP contribution in [-0.4, -0.2) is 4.57 Å². The minimum Gasteiger partial charge on any atom is -0.309 e. The van der Waals surface area contributed by atoms with Crippen LogP contribution in [0.5, 0.6) is 0 Å². The molecule has 124 valence electrons. The fraction of sp³-hybridized carbons (Fsp3) is 0.0400. The van der Waals surface area contributed by atoms with Crippen molar-refractivity contribution in [3.63, 3.8) is 0 Å². The summed E-state index contributed by atoms with van der Waals surface area (Å²) in [5, 5.41) is 2.59. The molecule has 4 aromatic carbocycles. The second-order valence-corrected chi connectivity index (χ2v) is 6.73. The Hall–Kier alpha value is -3.32. The zero-order chi connectivity index (χ0) is 17.5. The Balaban J connectivity index is 1.88. The van der Waals surface area contributed by atoms with E-state index in [4.69, 9.17) is 0 Å². The highest BCUT2D eigenvalue weighted by molar-refractivity contribution is 6.10. The first-order valence-corrected chi connectivity index (χ1v) is 8.97. The molecule has 0 amide bonds. The van der Waals surface area contributed by atoms with Gasteiger partial charge in [0.2, 0.25) is 0 Å². The molecule has 0 atom stereocenters. The van der Waals surface area contributed by atoms with Crippen LogP contribution in [0.25, 0.3) is 38.6 Å².